The largest absolute Gasteiger partial charge is 0.478 e. The van der Waals surface area contributed by atoms with E-state index in [-0.39, 0.29) is 5.56 Å². The number of allylic oxidation sites excluding steroid dienone is 1. The summed E-state index contributed by atoms with van der Waals surface area (Å²) in [6.07, 6.45) is 5.50. The predicted molar refractivity (Wildman–Crippen MR) is 111 cm³/mol. The number of piperidine rings is 1. The van der Waals surface area contributed by atoms with Crippen molar-refractivity contribution in [3.8, 4) is 0 Å². The van der Waals surface area contributed by atoms with Gasteiger partial charge in [-0.1, -0.05) is 36.4 Å². The fraction of sp³-hybridized carbons (Fsp3) is 0.304. The van der Waals surface area contributed by atoms with E-state index in [1.54, 1.807) is 12.1 Å². The number of amides is 1. The van der Waals surface area contributed by atoms with Crippen LogP contribution in [0.5, 0.6) is 0 Å². The zero-order chi connectivity index (χ0) is 20.1. The van der Waals surface area contributed by atoms with Gasteiger partial charge in [-0.15, -0.1) is 0 Å². The Morgan fingerprint density at radius 1 is 1.04 bits per heavy atom. The Morgan fingerprint density at radius 2 is 1.68 bits per heavy atom. The molecule has 146 valence electrons. The van der Waals surface area contributed by atoms with Gasteiger partial charge in [0.15, 0.2) is 0 Å². The van der Waals surface area contributed by atoms with Crippen LogP contribution in [0, 0.1) is 0 Å². The first-order valence-corrected chi connectivity index (χ1v) is 9.66. The van der Waals surface area contributed by atoms with E-state index in [9.17, 15) is 9.59 Å². The van der Waals surface area contributed by atoms with E-state index in [0.717, 1.165) is 42.8 Å². The number of rotatable bonds is 6. The molecule has 1 unspecified atom stereocenters. The first-order valence-electron chi connectivity index (χ1n) is 9.66. The van der Waals surface area contributed by atoms with Gasteiger partial charge in [-0.25, -0.2) is 4.79 Å². The number of para-hydroxylation sites is 1. The molecule has 3 rings (SSSR count). The third-order valence-electron chi connectivity index (χ3n) is 5.31. The first-order chi connectivity index (χ1) is 13.5. The van der Waals surface area contributed by atoms with Gasteiger partial charge in [0.25, 0.3) is 0 Å². The quantitative estimate of drug-likeness (QED) is 0.794. The number of carboxylic acid groups (broad SMARTS) is 1. The molecule has 5 nitrogen and oxygen atoms in total. The third kappa shape index (κ3) is 4.09. The Hall–Kier alpha value is -3.08. The highest BCUT2D eigenvalue weighted by atomic mass is 16.4. The minimum atomic E-state index is -0.996. The van der Waals surface area contributed by atoms with Crippen molar-refractivity contribution in [3.05, 3.63) is 71.3 Å². The molecule has 1 fully saturated rings. The van der Waals surface area contributed by atoms with Gasteiger partial charge in [-0.3, -0.25) is 4.79 Å². The van der Waals surface area contributed by atoms with Crippen LogP contribution in [0.2, 0.25) is 0 Å². The Morgan fingerprint density at radius 3 is 2.25 bits per heavy atom. The SMILES string of the molecule is CC=C(c1ccccc1N1CCCCC1)C(C(N)=O)c1ccc(C(=O)O)cc1. The van der Waals surface area contributed by atoms with E-state index < -0.39 is 17.8 Å². The van der Waals surface area contributed by atoms with Crippen molar-refractivity contribution >= 4 is 23.1 Å². The normalized spacial score (nSPS) is 15.9. The molecule has 3 N–H and O–H groups in total. The fourth-order valence-corrected chi connectivity index (χ4v) is 3.92. The number of carboxylic acids is 1. The summed E-state index contributed by atoms with van der Waals surface area (Å²) >= 11 is 0. The standard InChI is InChI=1S/C23H26N2O3/c1-2-18(19-8-4-5-9-20(19)25-14-6-3-7-15-25)21(22(24)26)16-10-12-17(13-11-16)23(27)28/h2,4-5,8-13,21H,3,6-7,14-15H2,1H3,(H2,24,26)(H,27,28). The van der Waals surface area contributed by atoms with E-state index in [1.807, 2.05) is 31.2 Å². The van der Waals surface area contributed by atoms with Crippen LogP contribution < -0.4 is 10.6 Å². The Bertz CT molecular complexity index is 881. The number of aromatic carboxylic acids is 1. The highest BCUT2D eigenvalue weighted by Gasteiger charge is 2.26. The number of hydrogen-bond acceptors (Lipinski definition) is 3. The number of hydrogen-bond donors (Lipinski definition) is 2. The molecule has 2 aromatic carbocycles. The maximum atomic E-state index is 12.4. The Labute approximate surface area is 165 Å². The van der Waals surface area contributed by atoms with Crippen LogP contribution in [0.4, 0.5) is 5.69 Å². The van der Waals surface area contributed by atoms with Gasteiger partial charge in [-0.2, -0.15) is 0 Å². The molecule has 1 aliphatic rings. The van der Waals surface area contributed by atoms with Gasteiger partial charge in [0.2, 0.25) is 5.91 Å². The Kier molecular flexibility index (Phi) is 6.14. The van der Waals surface area contributed by atoms with Gasteiger partial charge in [0, 0.05) is 24.3 Å². The molecule has 1 amide bonds. The second-order valence-electron chi connectivity index (χ2n) is 7.07. The summed E-state index contributed by atoms with van der Waals surface area (Å²) in [5.41, 5.74) is 9.63. The first kappa shape index (κ1) is 19.7. The van der Waals surface area contributed by atoms with Crippen molar-refractivity contribution in [2.75, 3.05) is 18.0 Å². The molecule has 0 bridgehead atoms. The lowest BCUT2D eigenvalue weighted by molar-refractivity contribution is -0.118. The molecule has 0 aliphatic carbocycles. The smallest absolute Gasteiger partial charge is 0.335 e. The number of benzene rings is 2. The van der Waals surface area contributed by atoms with E-state index >= 15 is 0 Å². The zero-order valence-corrected chi connectivity index (χ0v) is 16.1. The molecular weight excluding hydrogens is 352 g/mol. The monoisotopic (exact) mass is 378 g/mol. The second kappa shape index (κ2) is 8.74. The maximum Gasteiger partial charge on any atom is 0.335 e. The molecule has 1 aliphatic heterocycles. The lowest BCUT2D eigenvalue weighted by Crippen LogP contribution is -2.30. The molecule has 1 atom stereocenters. The number of primary amides is 1. The second-order valence-corrected chi connectivity index (χ2v) is 7.07. The molecule has 2 aromatic rings. The minimum Gasteiger partial charge on any atom is -0.478 e. The average Bonchev–Trinajstić information content (AvgIpc) is 2.72. The summed E-state index contributed by atoms with van der Waals surface area (Å²) in [5, 5.41) is 9.13. The van der Waals surface area contributed by atoms with Gasteiger partial charge < -0.3 is 15.7 Å². The summed E-state index contributed by atoms with van der Waals surface area (Å²) in [6, 6.07) is 14.5. The van der Waals surface area contributed by atoms with E-state index in [2.05, 4.69) is 11.0 Å². The minimum absolute atomic E-state index is 0.183. The fourth-order valence-electron chi connectivity index (χ4n) is 3.92. The van der Waals surface area contributed by atoms with Crippen LogP contribution in [0.1, 0.15) is 53.6 Å². The number of carbonyl (C=O) groups excluding carboxylic acids is 1. The lowest BCUT2D eigenvalue weighted by atomic mass is 9.84. The summed E-state index contributed by atoms with van der Waals surface area (Å²) < 4.78 is 0. The summed E-state index contributed by atoms with van der Waals surface area (Å²) in [5.74, 6) is -2.09. The van der Waals surface area contributed by atoms with E-state index in [4.69, 9.17) is 10.8 Å². The highest BCUT2D eigenvalue weighted by Crippen LogP contribution is 2.38. The summed E-state index contributed by atoms with van der Waals surface area (Å²) in [7, 11) is 0. The number of nitrogens with zero attached hydrogens (tertiary/aromatic N) is 1. The van der Waals surface area contributed by atoms with Gasteiger partial charge >= 0.3 is 5.97 Å². The van der Waals surface area contributed by atoms with Gasteiger partial charge in [-0.05, 0) is 55.5 Å². The Balaban J connectivity index is 2.03. The molecule has 5 heteroatoms. The van der Waals surface area contributed by atoms with Crippen LogP contribution in [0.25, 0.3) is 5.57 Å². The van der Waals surface area contributed by atoms with Crippen LogP contribution in [0.15, 0.2) is 54.6 Å². The highest BCUT2D eigenvalue weighted by molar-refractivity contribution is 5.98. The zero-order valence-electron chi connectivity index (χ0n) is 16.1. The van der Waals surface area contributed by atoms with Crippen LogP contribution in [-0.2, 0) is 4.79 Å². The number of anilines is 1. The van der Waals surface area contributed by atoms with E-state index in [1.165, 1.54) is 18.6 Å². The molecule has 0 spiro atoms. The van der Waals surface area contributed by atoms with Gasteiger partial charge in [0.05, 0.1) is 11.5 Å². The molecule has 0 saturated carbocycles. The lowest BCUT2D eigenvalue weighted by Gasteiger charge is -2.32. The third-order valence-corrected chi connectivity index (χ3v) is 5.31. The molecule has 28 heavy (non-hydrogen) atoms. The van der Waals surface area contributed by atoms with Crippen molar-refractivity contribution in [2.45, 2.75) is 32.1 Å². The summed E-state index contributed by atoms with van der Waals surface area (Å²) in [6.45, 7) is 3.91. The maximum absolute atomic E-state index is 12.4. The topological polar surface area (TPSA) is 83.6 Å². The molecule has 1 saturated heterocycles. The van der Waals surface area contributed by atoms with Crippen LogP contribution >= 0.6 is 0 Å². The molecule has 0 radical (unpaired) electrons. The molecular formula is C23H26N2O3. The van der Waals surface area contributed by atoms with Crippen molar-refractivity contribution in [1.29, 1.82) is 0 Å². The van der Waals surface area contributed by atoms with Gasteiger partial charge in [0.1, 0.15) is 0 Å². The molecule has 0 aromatic heterocycles. The van der Waals surface area contributed by atoms with Crippen LogP contribution in [0.3, 0.4) is 0 Å². The molecule has 1 heterocycles. The summed E-state index contributed by atoms with van der Waals surface area (Å²) in [4.78, 5) is 25.9. The predicted octanol–water partition coefficient (Wildman–Crippen LogP) is 4.05. The average molecular weight is 378 g/mol. The van der Waals surface area contributed by atoms with Crippen LogP contribution in [-0.4, -0.2) is 30.1 Å². The van der Waals surface area contributed by atoms with Crippen molar-refractivity contribution in [2.24, 2.45) is 5.73 Å². The van der Waals surface area contributed by atoms with Crippen molar-refractivity contribution < 1.29 is 14.7 Å². The van der Waals surface area contributed by atoms with E-state index in [0.29, 0.717) is 5.56 Å². The van der Waals surface area contributed by atoms with Crippen molar-refractivity contribution in [1.82, 2.24) is 0 Å². The number of carbonyl (C=O) groups is 2. The number of nitrogens with two attached hydrogens (primary N) is 1. The van der Waals surface area contributed by atoms with Crippen molar-refractivity contribution in [3.63, 3.8) is 0 Å².